The van der Waals surface area contributed by atoms with E-state index >= 15 is 0 Å². The topological polar surface area (TPSA) is 76.1 Å². The molecule has 2 N–H and O–H groups in total. The second-order valence-electron chi connectivity index (χ2n) is 5.52. The molecule has 2 heterocycles. The van der Waals surface area contributed by atoms with Crippen LogP contribution < -0.4 is 15.4 Å². The molecule has 0 atom stereocenters. The van der Waals surface area contributed by atoms with Crippen LogP contribution >= 0.6 is 0 Å². The zero-order chi connectivity index (χ0) is 18.2. The second kappa shape index (κ2) is 8.62. The number of urea groups is 1. The van der Waals surface area contributed by atoms with Gasteiger partial charge in [0.15, 0.2) is 0 Å². The maximum absolute atomic E-state index is 12.2. The van der Waals surface area contributed by atoms with Gasteiger partial charge in [-0.2, -0.15) is 0 Å². The predicted octanol–water partition coefficient (Wildman–Crippen LogP) is 3.86. The van der Waals surface area contributed by atoms with Gasteiger partial charge in [0.05, 0.1) is 12.3 Å². The minimum Gasteiger partial charge on any atom is -0.494 e. The smallest absolute Gasteiger partial charge is 0.319 e. The van der Waals surface area contributed by atoms with Gasteiger partial charge in [-0.1, -0.05) is 6.07 Å². The lowest BCUT2D eigenvalue weighted by molar-refractivity contribution is 0.251. The van der Waals surface area contributed by atoms with E-state index in [-0.39, 0.29) is 6.03 Å². The first-order valence-electron chi connectivity index (χ1n) is 8.38. The largest absolute Gasteiger partial charge is 0.494 e. The number of pyridine rings is 2. The fourth-order valence-electron chi connectivity index (χ4n) is 2.50. The van der Waals surface area contributed by atoms with E-state index in [4.69, 9.17) is 4.74 Å². The van der Waals surface area contributed by atoms with Crippen LogP contribution in [-0.2, 0) is 6.54 Å². The van der Waals surface area contributed by atoms with Gasteiger partial charge < -0.3 is 15.4 Å². The van der Waals surface area contributed by atoms with E-state index in [0.29, 0.717) is 18.8 Å². The summed E-state index contributed by atoms with van der Waals surface area (Å²) in [7, 11) is 0. The highest BCUT2D eigenvalue weighted by atomic mass is 16.5. The van der Waals surface area contributed by atoms with Crippen molar-refractivity contribution in [2.75, 3.05) is 11.9 Å². The molecule has 1 aromatic carbocycles. The summed E-state index contributed by atoms with van der Waals surface area (Å²) in [6.07, 6.45) is 5.20. The Balaban J connectivity index is 1.61. The van der Waals surface area contributed by atoms with Crippen LogP contribution in [-0.4, -0.2) is 22.6 Å². The Morgan fingerprint density at radius 3 is 2.62 bits per heavy atom. The predicted molar refractivity (Wildman–Crippen MR) is 101 cm³/mol. The van der Waals surface area contributed by atoms with Crippen LogP contribution in [0.4, 0.5) is 10.5 Å². The normalized spacial score (nSPS) is 10.2. The number of hydrogen-bond acceptors (Lipinski definition) is 4. The summed E-state index contributed by atoms with van der Waals surface area (Å²) in [6.45, 7) is 2.90. The molecule has 0 aliphatic carbocycles. The fourth-order valence-corrected chi connectivity index (χ4v) is 2.50. The van der Waals surface area contributed by atoms with E-state index in [1.807, 2.05) is 43.3 Å². The van der Waals surface area contributed by atoms with Crippen molar-refractivity contribution in [3.05, 3.63) is 72.7 Å². The molecule has 0 aliphatic heterocycles. The molecule has 0 unspecified atom stereocenters. The van der Waals surface area contributed by atoms with Crippen molar-refractivity contribution < 1.29 is 9.53 Å². The number of amides is 2. The average Bonchev–Trinajstić information content (AvgIpc) is 2.69. The third-order valence-corrected chi connectivity index (χ3v) is 3.69. The summed E-state index contributed by atoms with van der Waals surface area (Å²) in [4.78, 5) is 20.7. The minimum atomic E-state index is -0.282. The highest BCUT2D eigenvalue weighted by Gasteiger charge is 2.08. The van der Waals surface area contributed by atoms with Crippen LogP contribution in [0.5, 0.6) is 5.75 Å². The number of rotatable bonds is 6. The van der Waals surface area contributed by atoms with E-state index < -0.39 is 0 Å². The van der Waals surface area contributed by atoms with Crippen molar-refractivity contribution in [1.82, 2.24) is 15.3 Å². The van der Waals surface area contributed by atoms with Gasteiger partial charge in [-0.15, -0.1) is 0 Å². The average molecular weight is 348 g/mol. The molecule has 0 fully saturated rings. The summed E-state index contributed by atoms with van der Waals surface area (Å²) >= 11 is 0. The van der Waals surface area contributed by atoms with Crippen LogP contribution in [0.25, 0.3) is 11.3 Å². The number of nitrogens with zero attached hydrogens (tertiary/aromatic N) is 2. The molecule has 2 aromatic heterocycles. The monoisotopic (exact) mass is 348 g/mol. The molecule has 132 valence electrons. The van der Waals surface area contributed by atoms with Gasteiger partial charge in [-0.3, -0.25) is 9.97 Å². The SMILES string of the molecule is CCOc1ccc(NC(=O)NCc2cccnc2-c2cccnc2)cc1. The molecular formula is C20H20N4O2. The van der Waals surface area contributed by atoms with Gasteiger partial charge in [0.25, 0.3) is 0 Å². The van der Waals surface area contributed by atoms with Gasteiger partial charge >= 0.3 is 6.03 Å². The first kappa shape index (κ1) is 17.4. The van der Waals surface area contributed by atoms with E-state index in [1.165, 1.54) is 0 Å². The van der Waals surface area contributed by atoms with Crippen LogP contribution in [0.3, 0.4) is 0 Å². The van der Waals surface area contributed by atoms with Crippen molar-refractivity contribution in [3.8, 4) is 17.0 Å². The molecule has 6 nitrogen and oxygen atoms in total. The van der Waals surface area contributed by atoms with Gasteiger partial charge in [-0.05, 0) is 55.0 Å². The molecule has 3 rings (SSSR count). The summed E-state index contributed by atoms with van der Waals surface area (Å²) in [5.41, 5.74) is 3.34. The molecule has 3 aromatic rings. The number of anilines is 1. The number of hydrogen-bond donors (Lipinski definition) is 2. The Kier molecular flexibility index (Phi) is 5.77. The van der Waals surface area contributed by atoms with Crippen molar-refractivity contribution in [1.29, 1.82) is 0 Å². The molecule has 2 amide bonds. The van der Waals surface area contributed by atoms with Crippen LogP contribution in [0.1, 0.15) is 12.5 Å². The van der Waals surface area contributed by atoms with E-state index in [9.17, 15) is 4.79 Å². The van der Waals surface area contributed by atoms with Gasteiger partial charge in [0, 0.05) is 36.4 Å². The summed E-state index contributed by atoms with van der Waals surface area (Å²) in [6, 6.07) is 14.6. The van der Waals surface area contributed by atoms with Crippen molar-refractivity contribution >= 4 is 11.7 Å². The lowest BCUT2D eigenvalue weighted by Gasteiger charge is -2.11. The molecule has 0 radical (unpaired) electrons. The van der Waals surface area contributed by atoms with E-state index in [2.05, 4.69) is 20.6 Å². The number of carbonyl (C=O) groups excluding carboxylic acids is 1. The maximum atomic E-state index is 12.2. The maximum Gasteiger partial charge on any atom is 0.319 e. The Bertz CT molecular complexity index is 851. The number of benzene rings is 1. The third-order valence-electron chi connectivity index (χ3n) is 3.69. The first-order chi connectivity index (χ1) is 12.8. The lowest BCUT2D eigenvalue weighted by Crippen LogP contribution is -2.28. The Morgan fingerprint density at radius 2 is 1.88 bits per heavy atom. The fraction of sp³-hybridized carbons (Fsp3) is 0.150. The highest BCUT2D eigenvalue weighted by Crippen LogP contribution is 2.20. The van der Waals surface area contributed by atoms with Crippen LogP contribution in [0.2, 0.25) is 0 Å². The third kappa shape index (κ3) is 4.57. The first-order valence-corrected chi connectivity index (χ1v) is 8.38. The molecular weight excluding hydrogens is 328 g/mol. The second-order valence-corrected chi connectivity index (χ2v) is 5.52. The Labute approximate surface area is 152 Å². The van der Waals surface area contributed by atoms with Crippen molar-refractivity contribution in [2.24, 2.45) is 0 Å². The van der Waals surface area contributed by atoms with Crippen LogP contribution in [0, 0.1) is 0 Å². The van der Waals surface area contributed by atoms with Gasteiger partial charge in [-0.25, -0.2) is 4.79 Å². The van der Waals surface area contributed by atoms with Crippen LogP contribution in [0.15, 0.2) is 67.1 Å². The zero-order valence-corrected chi connectivity index (χ0v) is 14.5. The number of nitrogens with one attached hydrogen (secondary N) is 2. The Morgan fingerprint density at radius 1 is 1.08 bits per heavy atom. The quantitative estimate of drug-likeness (QED) is 0.709. The summed E-state index contributed by atoms with van der Waals surface area (Å²) < 4.78 is 5.39. The number of aromatic nitrogens is 2. The molecule has 0 saturated heterocycles. The van der Waals surface area contributed by atoms with Gasteiger partial charge in [0.2, 0.25) is 0 Å². The van der Waals surface area contributed by atoms with Crippen molar-refractivity contribution in [3.63, 3.8) is 0 Å². The molecule has 26 heavy (non-hydrogen) atoms. The lowest BCUT2D eigenvalue weighted by atomic mass is 10.1. The molecule has 6 heteroatoms. The van der Waals surface area contributed by atoms with Gasteiger partial charge in [0.1, 0.15) is 5.75 Å². The van der Waals surface area contributed by atoms with Crippen molar-refractivity contribution in [2.45, 2.75) is 13.5 Å². The van der Waals surface area contributed by atoms with E-state index in [0.717, 1.165) is 22.6 Å². The molecule has 0 spiro atoms. The number of carbonyl (C=O) groups is 1. The zero-order valence-electron chi connectivity index (χ0n) is 14.5. The summed E-state index contributed by atoms with van der Waals surface area (Å²) in [5.74, 6) is 0.773. The molecule has 0 bridgehead atoms. The highest BCUT2D eigenvalue weighted by molar-refractivity contribution is 5.89. The standard InChI is InChI=1S/C20H20N4O2/c1-2-26-18-9-7-17(8-10-18)24-20(25)23-14-16-6-4-12-22-19(16)15-5-3-11-21-13-15/h3-13H,2,14H2,1H3,(H2,23,24,25). The Hall–Kier alpha value is -3.41. The minimum absolute atomic E-state index is 0.282. The molecule has 0 aliphatic rings. The number of ether oxygens (including phenoxy) is 1. The molecule has 0 saturated carbocycles. The van der Waals surface area contributed by atoms with E-state index in [1.54, 1.807) is 30.7 Å². The summed E-state index contributed by atoms with van der Waals surface area (Å²) in [5, 5.41) is 5.66.